The number of aliphatic carboxylic acids is 1. The molecule has 1 unspecified atom stereocenters. The molecule has 0 amide bonds. The van der Waals surface area contributed by atoms with E-state index < -0.39 is 12.0 Å². The van der Waals surface area contributed by atoms with Gasteiger partial charge in [-0.05, 0) is 42.4 Å². The van der Waals surface area contributed by atoms with Crippen molar-refractivity contribution in [1.29, 1.82) is 0 Å². The lowest BCUT2D eigenvalue weighted by molar-refractivity contribution is -0.150. The van der Waals surface area contributed by atoms with Crippen LogP contribution in [-0.2, 0) is 11.2 Å². The van der Waals surface area contributed by atoms with Gasteiger partial charge < -0.3 is 10.2 Å². The fourth-order valence-electron chi connectivity index (χ4n) is 3.88. The van der Waals surface area contributed by atoms with Crippen molar-refractivity contribution >= 4 is 5.97 Å². The molecule has 21 heavy (non-hydrogen) atoms. The van der Waals surface area contributed by atoms with Crippen LogP contribution in [0.25, 0.3) is 0 Å². The Kier molecular flexibility index (Phi) is 3.89. The molecule has 3 rings (SSSR count). The zero-order chi connectivity index (χ0) is 14.9. The number of phenolic OH excluding ortho intramolecular Hbond substituents is 1. The third-order valence-corrected chi connectivity index (χ3v) is 5.08. The Hall–Kier alpha value is -1.55. The molecule has 2 fully saturated rings. The lowest BCUT2D eigenvalue weighted by Gasteiger charge is -2.54. The molecular weight excluding hydrogens is 266 g/mol. The monoisotopic (exact) mass is 289 g/mol. The van der Waals surface area contributed by atoms with Crippen LogP contribution in [0.1, 0.15) is 37.7 Å². The second kappa shape index (κ2) is 5.68. The molecule has 1 atom stereocenters. The van der Waals surface area contributed by atoms with E-state index in [0.717, 1.165) is 18.7 Å². The van der Waals surface area contributed by atoms with Gasteiger partial charge in [0.25, 0.3) is 0 Å². The first-order chi connectivity index (χ1) is 10.1. The number of rotatable bonds is 4. The van der Waals surface area contributed by atoms with Crippen molar-refractivity contribution in [3.8, 4) is 5.75 Å². The maximum atomic E-state index is 11.6. The van der Waals surface area contributed by atoms with Gasteiger partial charge in [-0.2, -0.15) is 0 Å². The summed E-state index contributed by atoms with van der Waals surface area (Å²) >= 11 is 0. The summed E-state index contributed by atoms with van der Waals surface area (Å²) < 4.78 is 0. The number of hydrogen-bond donors (Lipinski definition) is 2. The third kappa shape index (κ3) is 3.05. The standard InChI is InChI=1S/C17H23NO3/c19-14-6-4-13(5-7-14)10-15(16(20)21)18-11-17(12-18)8-2-1-3-9-17/h4-7,15,19H,1-3,8-12H2,(H,20,21). The maximum absolute atomic E-state index is 11.6. The SMILES string of the molecule is O=C(O)C(Cc1ccc(O)cc1)N1CC2(CCCCC2)C1. The van der Waals surface area contributed by atoms with Gasteiger partial charge in [-0.25, -0.2) is 0 Å². The van der Waals surface area contributed by atoms with Gasteiger partial charge in [-0.15, -0.1) is 0 Å². The van der Waals surface area contributed by atoms with E-state index in [2.05, 4.69) is 4.90 Å². The zero-order valence-corrected chi connectivity index (χ0v) is 12.3. The number of benzene rings is 1. The van der Waals surface area contributed by atoms with Crippen molar-refractivity contribution in [1.82, 2.24) is 4.90 Å². The molecule has 1 saturated carbocycles. The van der Waals surface area contributed by atoms with Gasteiger partial charge in [0, 0.05) is 13.1 Å². The Morgan fingerprint density at radius 2 is 1.76 bits per heavy atom. The summed E-state index contributed by atoms with van der Waals surface area (Å²) in [6.07, 6.45) is 6.94. The fraction of sp³-hybridized carbons (Fsp3) is 0.588. The minimum Gasteiger partial charge on any atom is -0.508 e. The third-order valence-electron chi connectivity index (χ3n) is 5.08. The topological polar surface area (TPSA) is 60.8 Å². The summed E-state index contributed by atoms with van der Waals surface area (Å²) in [5.74, 6) is -0.524. The molecule has 1 aliphatic carbocycles. The quantitative estimate of drug-likeness (QED) is 0.894. The molecule has 0 radical (unpaired) electrons. The van der Waals surface area contributed by atoms with Gasteiger partial charge in [0.15, 0.2) is 0 Å². The van der Waals surface area contributed by atoms with Crippen LogP contribution < -0.4 is 0 Å². The van der Waals surface area contributed by atoms with Gasteiger partial charge in [0.1, 0.15) is 11.8 Å². The van der Waals surface area contributed by atoms with Gasteiger partial charge in [0.2, 0.25) is 0 Å². The Morgan fingerprint density at radius 3 is 2.33 bits per heavy atom. The highest BCUT2D eigenvalue weighted by Gasteiger charge is 2.47. The summed E-state index contributed by atoms with van der Waals surface area (Å²) in [4.78, 5) is 13.7. The molecule has 4 heteroatoms. The van der Waals surface area contributed by atoms with Crippen LogP contribution in [-0.4, -0.2) is 40.2 Å². The van der Waals surface area contributed by atoms with Gasteiger partial charge >= 0.3 is 5.97 Å². The first-order valence-electron chi connectivity index (χ1n) is 7.83. The van der Waals surface area contributed by atoms with Crippen molar-refractivity contribution in [2.75, 3.05) is 13.1 Å². The molecule has 1 heterocycles. The number of nitrogens with zero attached hydrogens (tertiary/aromatic N) is 1. The van der Waals surface area contributed by atoms with Crippen molar-refractivity contribution in [3.05, 3.63) is 29.8 Å². The van der Waals surface area contributed by atoms with E-state index in [4.69, 9.17) is 0 Å². The average Bonchev–Trinajstić information content (AvgIpc) is 2.45. The van der Waals surface area contributed by atoms with Crippen molar-refractivity contribution in [2.24, 2.45) is 5.41 Å². The molecule has 0 aromatic heterocycles. The lowest BCUT2D eigenvalue weighted by Crippen LogP contribution is -2.62. The molecule has 1 spiro atoms. The number of carboxylic acids is 1. The second-order valence-electron chi connectivity index (χ2n) is 6.69. The van der Waals surface area contributed by atoms with Crippen molar-refractivity contribution in [2.45, 2.75) is 44.6 Å². The van der Waals surface area contributed by atoms with E-state index in [9.17, 15) is 15.0 Å². The summed E-state index contributed by atoms with van der Waals surface area (Å²) in [5, 5.41) is 18.8. The number of carboxylic acid groups (broad SMARTS) is 1. The molecule has 2 aliphatic rings. The van der Waals surface area contributed by atoms with Crippen LogP contribution in [0.3, 0.4) is 0 Å². The highest BCUT2D eigenvalue weighted by molar-refractivity contribution is 5.74. The van der Waals surface area contributed by atoms with Crippen LogP contribution in [0.2, 0.25) is 0 Å². The Balaban J connectivity index is 1.63. The number of carbonyl (C=O) groups is 1. The minimum absolute atomic E-state index is 0.218. The number of aromatic hydroxyl groups is 1. The summed E-state index contributed by atoms with van der Waals surface area (Å²) in [6.45, 7) is 1.87. The Morgan fingerprint density at radius 1 is 1.14 bits per heavy atom. The molecule has 2 N–H and O–H groups in total. The predicted molar refractivity (Wildman–Crippen MR) is 80.3 cm³/mol. The largest absolute Gasteiger partial charge is 0.508 e. The van der Waals surface area contributed by atoms with Gasteiger partial charge in [-0.3, -0.25) is 9.69 Å². The Bertz CT molecular complexity index is 497. The molecule has 4 nitrogen and oxygen atoms in total. The molecule has 1 aliphatic heterocycles. The zero-order valence-electron chi connectivity index (χ0n) is 12.3. The first kappa shape index (κ1) is 14.4. The van der Waals surface area contributed by atoms with Crippen LogP contribution in [0.5, 0.6) is 5.75 Å². The highest BCUT2D eigenvalue weighted by atomic mass is 16.4. The minimum atomic E-state index is -0.742. The molecule has 1 aromatic carbocycles. The first-order valence-corrected chi connectivity index (χ1v) is 7.83. The smallest absolute Gasteiger partial charge is 0.321 e. The van der Waals surface area contributed by atoms with E-state index in [0.29, 0.717) is 11.8 Å². The van der Waals surface area contributed by atoms with Crippen LogP contribution in [0, 0.1) is 5.41 Å². The molecule has 0 bridgehead atoms. The summed E-state index contributed by atoms with van der Waals surface area (Å²) in [7, 11) is 0. The van der Waals surface area contributed by atoms with E-state index in [-0.39, 0.29) is 5.75 Å². The number of phenols is 1. The molecule has 1 saturated heterocycles. The van der Waals surface area contributed by atoms with E-state index in [1.165, 1.54) is 32.1 Å². The van der Waals surface area contributed by atoms with Crippen LogP contribution in [0.4, 0.5) is 0 Å². The second-order valence-corrected chi connectivity index (χ2v) is 6.69. The normalized spacial score (nSPS) is 22.7. The van der Waals surface area contributed by atoms with Crippen LogP contribution >= 0.6 is 0 Å². The average molecular weight is 289 g/mol. The number of likely N-dealkylation sites (tertiary alicyclic amines) is 1. The van der Waals surface area contributed by atoms with E-state index >= 15 is 0 Å². The maximum Gasteiger partial charge on any atom is 0.321 e. The summed E-state index contributed by atoms with van der Waals surface area (Å²) in [6, 6.07) is 6.41. The number of hydrogen-bond acceptors (Lipinski definition) is 3. The van der Waals surface area contributed by atoms with Crippen molar-refractivity contribution in [3.63, 3.8) is 0 Å². The fourth-order valence-corrected chi connectivity index (χ4v) is 3.88. The lowest BCUT2D eigenvalue weighted by atomic mass is 9.68. The van der Waals surface area contributed by atoms with Gasteiger partial charge in [-0.1, -0.05) is 31.4 Å². The molecular formula is C17H23NO3. The molecule has 114 valence electrons. The highest BCUT2D eigenvalue weighted by Crippen LogP contribution is 2.44. The van der Waals surface area contributed by atoms with E-state index in [1.807, 2.05) is 0 Å². The Labute approximate surface area is 125 Å². The molecule has 1 aromatic rings. The van der Waals surface area contributed by atoms with Crippen LogP contribution in [0.15, 0.2) is 24.3 Å². The predicted octanol–water partition coefficient (Wildman–Crippen LogP) is 2.65. The summed E-state index contributed by atoms with van der Waals surface area (Å²) in [5.41, 5.74) is 1.37. The van der Waals surface area contributed by atoms with E-state index in [1.54, 1.807) is 24.3 Å². The van der Waals surface area contributed by atoms with Gasteiger partial charge in [0.05, 0.1) is 0 Å². The van der Waals surface area contributed by atoms with Crippen molar-refractivity contribution < 1.29 is 15.0 Å².